The number of aryl methyl sites for hydroxylation is 3. The van der Waals surface area contributed by atoms with Gasteiger partial charge in [0.05, 0.1) is 18.4 Å². The van der Waals surface area contributed by atoms with E-state index in [1.807, 2.05) is 39.0 Å². The second kappa shape index (κ2) is 5.33. The molecule has 0 amide bonds. The lowest BCUT2D eigenvalue weighted by molar-refractivity contribution is 0.0593. The van der Waals surface area contributed by atoms with Crippen molar-refractivity contribution in [2.45, 2.75) is 20.8 Å². The minimum absolute atomic E-state index is 0.141. The molecule has 5 nitrogen and oxygen atoms in total. The van der Waals surface area contributed by atoms with Crippen molar-refractivity contribution in [3.05, 3.63) is 46.3 Å². The molecule has 0 bridgehead atoms. The Morgan fingerprint density at radius 3 is 2.43 bits per heavy atom. The van der Waals surface area contributed by atoms with Crippen molar-refractivity contribution < 1.29 is 9.53 Å². The van der Waals surface area contributed by atoms with Crippen molar-refractivity contribution in [1.82, 2.24) is 4.57 Å². The molecule has 0 atom stereocenters. The summed E-state index contributed by atoms with van der Waals surface area (Å²) in [5, 5.41) is 9.13. The van der Waals surface area contributed by atoms with Crippen LogP contribution < -0.4 is 5.73 Å². The number of carbonyl (C=O) groups excluding carboxylic acids is 1. The first-order valence-electron chi connectivity index (χ1n) is 6.48. The highest BCUT2D eigenvalue weighted by Gasteiger charge is 2.22. The van der Waals surface area contributed by atoms with Crippen LogP contribution in [0.4, 0.5) is 5.69 Å². The number of methoxy groups -OCH3 is 1. The molecule has 0 aliphatic carbocycles. The lowest BCUT2D eigenvalue weighted by atomic mass is 10.0. The number of nitrogens with zero attached hydrogens (tertiary/aromatic N) is 2. The number of aromatic nitrogens is 1. The Kier molecular flexibility index (Phi) is 3.72. The zero-order chi connectivity index (χ0) is 15.7. The maximum atomic E-state index is 12.0. The second-order valence-electron chi connectivity index (χ2n) is 5.00. The minimum atomic E-state index is -0.563. The summed E-state index contributed by atoms with van der Waals surface area (Å²) >= 11 is 0. The minimum Gasteiger partial charge on any atom is -0.464 e. The molecule has 0 spiro atoms. The third kappa shape index (κ3) is 2.36. The molecular formula is C16H17N3O2. The van der Waals surface area contributed by atoms with Crippen LogP contribution in [0.25, 0.3) is 5.69 Å². The largest absolute Gasteiger partial charge is 0.464 e. The monoisotopic (exact) mass is 283 g/mol. The molecule has 0 aliphatic heterocycles. The number of rotatable bonds is 2. The SMILES string of the molecule is COC(=O)c1c(N)c(C#N)cn1-c1cc(C)c(C)cc1C. The van der Waals surface area contributed by atoms with Crippen LogP contribution in [-0.4, -0.2) is 17.6 Å². The highest BCUT2D eigenvalue weighted by Crippen LogP contribution is 2.27. The van der Waals surface area contributed by atoms with Gasteiger partial charge in [0, 0.05) is 11.9 Å². The number of nitrogens with two attached hydrogens (primary N) is 1. The average Bonchev–Trinajstić information content (AvgIpc) is 2.78. The Bertz CT molecular complexity index is 767. The summed E-state index contributed by atoms with van der Waals surface area (Å²) < 4.78 is 6.41. The molecular weight excluding hydrogens is 266 g/mol. The van der Waals surface area contributed by atoms with Crippen LogP contribution in [0.1, 0.15) is 32.7 Å². The Morgan fingerprint density at radius 2 is 1.86 bits per heavy atom. The lowest BCUT2D eigenvalue weighted by Crippen LogP contribution is -2.12. The van der Waals surface area contributed by atoms with Crippen molar-refractivity contribution in [2.75, 3.05) is 12.8 Å². The first-order valence-corrected chi connectivity index (χ1v) is 6.48. The number of hydrogen-bond donors (Lipinski definition) is 1. The quantitative estimate of drug-likeness (QED) is 0.859. The van der Waals surface area contributed by atoms with E-state index in [0.717, 1.165) is 22.4 Å². The van der Waals surface area contributed by atoms with Gasteiger partial charge >= 0.3 is 5.97 Å². The highest BCUT2D eigenvalue weighted by molar-refractivity contribution is 5.96. The smallest absolute Gasteiger partial charge is 0.357 e. The number of ether oxygens (including phenoxy) is 1. The third-order valence-electron chi connectivity index (χ3n) is 3.62. The van der Waals surface area contributed by atoms with Gasteiger partial charge in [0.1, 0.15) is 6.07 Å². The molecule has 0 fully saturated rings. The van der Waals surface area contributed by atoms with E-state index in [1.165, 1.54) is 7.11 Å². The summed E-state index contributed by atoms with van der Waals surface area (Å²) in [7, 11) is 1.29. The van der Waals surface area contributed by atoms with Crippen LogP contribution in [0.5, 0.6) is 0 Å². The molecule has 21 heavy (non-hydrogen) atoms. The van der Waals surface area contributed by atoms with Crippen LogP contribution in [0, 0.1) is 32.1 Å². The standard InChI is InChI=1S/C16H17N3O2/c1-9-5-11(3)13(6-10(9)2)19-8-12(7-17)14(18)15(19)16(20)21-4/h5-6,8H,18H2,1-4H3. The van der Waals surface area contributed by atoms with Gasteiger partial charge in [-0.2, -0.15) is 5.26 Å². The average molecular weight is 283 g/mol. The molecule has 1 aromatic heterocycles. The Labute approximate surface area is 123 Å². The van der Waals surface area contributed by atoms with E-state index in [2.05, 4.69) is 0 Å². The highest BCUT2D eigenvalue weighted by atomic mass is 16.5. The summed E-state index contributed by atoms with van der Waals surface area (Å²) in [6.07, 6.45) is 1.57. The van der Waals surface area contributed by atoms with Gasteiger partial charge in [0.15, 0.2) is 5.69 Å². The summed E-state index contributed by atoms with van der Waals surface area (Å²) in [4.78, 5) is 12.0. The van der Waals surface area contributed by atoms with Crippen LogP contribution in [0.15, 0.2) is 18.3 Å². The van der Waals surface area contributed by atoms with Crippen LogP contribution in [0.2, 0.25) is 0 Å². The first-order chi connectivity index (χ1) is 9.90. The Balaban J connectivity index is 2.78. The van der Waals surface area contributed by atoms with Crippen molar-refractivity contribution in [2.24, 2.45) is 0 Å². The second-order valence-corrected chi connectivity index (χ2v) is 5.00. The van der Waals surface area contributed by atoms with E-state index in [-0.39, 0.29) is 16.9 Å². The zero-order valence-corrected chi connectivity index (χ0v) is 12.5. The van der Waals surface area contributed by atoms with Crippen molar-refractivity contribution in [1.29, 1.82) is 5.26 Å². The molecule has 5 heteroatoms. The van der Waals surface area contributed by atoms with E-state index in [1.54, 1.807) is 10.8 Å². The fourth-order valence-corrected chi connectivity index (χ4v) is 2.31. The van der Waals surface area contributed by atoms with Gasteiger partial charge in [0.2, 0.25) is 0 Å². The molecule has 0 saturated heterocycles. The molecule has 2 rings (SSSR count). The van der Waals surface area contributed by atoms with Crippen molar-refractivity contribution in [3.8, 4) is 11.8 Å². The van der Waals surface area contributed by atoms with Gasteiger partial charge in [-0.05, 0) is 43.5 Å². The van der Waals surface area contributed by atoms with Crippen molar-refractivity contribution in [3.63, 3.8) is 0 Å². The topological polar surface area (TPSA) is 81.0 Å². The van der Waals surface area contributed by atoms with E-state index >= 15 is 0 Å². The van der Waals surface area contributed by atoms with Gasteiger partial charge in [-0.1, -0.05) is 6.07 Å². The summed E-state index contributed by atoms with van der Waals surface area (Å²) in [5.41, 5.74) is 10.5. The molecule has 108 valence electrons. The van der Waals surface area contributed by atoms with E-state index in [4.69, 9.17) is 15.7 Å². The maximum Gasteiger partial charge on any atom is 0.357 e. The van der Waals surface area contributed by atoms with Gasteiger partial charge in [-0.3, -0.25) is 0 Å². The maximum absolute atomic E-state index is 12.0. The zero-order valence-electron chi connectivity index (χ0n) is 12.5. The van der Waals surface area contributed by atoms with Gasteiger partial charge in [-0.25, -0.2) is 4.79 Å². The summed E-state index contributed by atoms with van der Waals surface area (Å²) in [6, 6.07) is 6.00. The first kappa shape index (κ1) is 14.7. The van der Waals surface area contributed by atoms with Gasteiger partial charge < -0.3 is 15.0 Å². The number of hydrogen-bond acceptors (Lipinski definition) is 4. The fourth-order valence-electron chi connectivity index (χ4n) is 2.31. The normalized spacial score (nSPS) is 10.2. The molecule has 1 aromatic carbocycles. The predicted octanol–water partition coefficient (Wildman–Crippen LogP) is 2.64. The van der Waals surface area contributed by atoms with Gasteiger partial charge in [-0.15, -0.1) is 0 Å². The van der Waals surface area contributed by atoms with Crippen LogP contribution in [0.3, 0.4) is 0 Å². The third-order valence-corrected chi connectivity index (χ3v) is 3.62. The number of nitrogen functional groups attached to an aromatic ring is 1. The predicted molar refractivity (Wildman–Crippen MR) is 80.4 cm³/mol. The molecule has 0 radical (unpaired) electrons. The molecule has 0 unspecified atom stereocenters. The summed E-state index contributed by atoms with van der Waals surface area (Å²) in [5.74, 6) is -0.563. The van der Waals surface area contributed by atoms with Gasteiger partial charge in [0.25, 0.3) is 0 Å². The number of carbonyl (C=O) groups is 1. The number of benzene rings is 1. The number of nitriles is 1. The Morgan fingerprint density at radius 1 is 1.24 bits per heavy atom. The van der Waals surface area contributed by atoms with Crippen molar-refractivity contribution >= 4 is 11.7 Å². The molecule has 0 saturated carbocycles. The van der Waals surface area contributed by atoms with E-state index in [9.17, 15) is 4.79 Å². The molecule has 2 N–H and O–H groups in total. The number of anilines is 1. The molecule has 2 aromatic rings. The fraction of sp³-hybridized carbons (Fsp3) is 0.250. The van der Waals surface area contributed by atoms with E-state index in [0.29, 0.717) is 0 Å². The number of esters is 1. The summed E-state index contributed by atoms with van der Waals surface area (Å²) in [6.45, 7) is 5.97. The van der Waals surface area contributed by atoms with Crippen LogP contribution in [-0.2, 0) is 4.74 Å². The van der Waals surface area contributed by atoms with Crippen LogP contribution >= 0.6 is 0 Å². The molecule has 0 aliphatic rings. The molecule has 1 heterocycles. The van der Waals surface area contributed by atoms with E-state index < -0.39 is 5.97 Å². The lowest BCUT2D eigenvalue weighted by Gasteiger charge is -2.13. The Hall–Kier alpha value is -2.74.